The van der Waals surface area contributed by atoms with Crippen LogP contribution in [0.25, 0.3) is 0 Å². The van der Waals surface area contributed by atoms with E-state index >= 15 is 0 Å². The van der Waals surface area contributed by atoms with Gasteiger partial charge in [-0.3, -0.25) is 19.9 Å². The van der Waals surface area contributed by atoms with Gasteiger partial charge in [-0.05, 0) is 36.4 Å². The van der Waals surface area contributed by atoms with Crippen molar-refractivity contribution in [3.8, 4) is 0 Å². The first-order valence-corrected chi connectivity index (χ1v) is 9.40. The van der Waals surface area contributed by atoms with Gasteiger partial charge >= 0.3 is 0 Å². The molecule has 26 heavy (non-hydrogen) atoms. The average molecular weight is 366 g/mol. The van der Waals surface area contributed by atoms with Crippen molar-refractivity contribution in [2.24, 2.45) is 0 Å². The fourth-order valence-corrected chi connectivity index (χ4v) is 2.82. The molecule has 0 spiro atoms. The topological polar surface area (TPSA) is 51.1 Å². The van der Waals surface area contributed by atoms with Crippen LogP contribution in [0.3, 0.4) is 0 Å². The minimum Gasteiger partial charge on any atom is -0.371 e. The fourth-order valence-electron chi connectivity index (χ4n) is 2.70. The van der Waals surface area contributed by atoms with Gasteiger partial charge in [0.25, 0.3) is 0 Å². The lowest BCUT2D eigenvalue weighted by atomic mass is 10.2. The molecule has 3 aromatic heterocycles. The Morgan fingerprint density at radius 2 is 1.31 bits per heavy atom. The molecule has 0 aliphatic carbocycles. The summed E-state index contributed by atoms with van der Waals surface area (Å²) in [6.07, 6.45) is 4.26. The molecule has 3 aromatic rings. The SMILES string of the molecule is PCOCc1cccc(CN(Cc2ccccn2)Cc2ccccn2)n1. The molecule has 0 N–H and O–H groups in total. The summed E-state index contributed by atoms with van der Waals surface area (Å²) in [6.45, 7) is 2.73. The Bertz CT molecular complexity index is 745. The first-order valence-electron chi connectivity index (χ1n) is 8.58. The Labute approximate surface area is 156 Å². The number of ether oxygens (including phenoxy) is 1. The zero-order valence-electron chi connectivity index (χ0n) is 14.7. The first kappa shape index (κ1) is 18.6. The fraction of sp³-hybridized carbons (Fsp3) is 0.250. The zero-order valence-corrected chi connectivity index (χ0v) is 15.8. The van der Waals surface area contributed by atoms with E-state index in [9.17, 15) is 0 Å². The molecule has 0 radical (unpaired) electrons. The lowest BCUT2D eigenvalue weighted by Gasteiger charge is -2.21. The van der Waals surface area contributed by atoms with E-state index in [2.05, 4.69) is 24.1 Å². The molecule has 0 saturated carbocycles. The van der Waals surface area contributed by atoms with Gasteiger partial charge in [-0.25, -0.2) is 0 Å². The molecule has 3 rings (SSSR count). The molecule has 0 bridgehead atoms. The summed E-state index contributed by atoms with van der Waals surface area (Å²) in [5.74, 6) is 0. The molecule has 3 heterocycles. The Morgan fingerprint density at radius 3 is 1.88 bits per heavy atom. The predicted molar refractivity (Wildman–Crippen MR) is 105 cm³/mol. The molecular formula is C20H23N4OP. The third-order valence-corrected chi connectivity index (χ3v) is 4.08. The Hall–Kier alpha value is -2.20. The van der Waals surface area contributed by atoms with Crippen LogP contribution >= 0.6 is 9.24 Å². The zero-order chi connectivity index (χ0) is 18.0. The molecule has 5 nitrogen and oxygen atoms in total. The molecule has 0 amide bonds. The number of nitrogens with zero attached hydrogens (tertiary/aromatic N) is 4. The second-order valence-electron chi connectivity index (χ2n) is 5.92. The van der Waals surface area contributed by atoms with Crippen LogP contribution in [0, 0.1) is 0 Å². The Balaban J connectivity index is 1.74. The predicted octanol–water partition coefficient (Wildman–Crippen LogP) is 3.42. The van der Waals surface area contributed by atoms with Gasteiger partial charge in [-0.1, -0.05) is 18.2 Å². The number of rotatable bonds is 9. The van der Waals surface area contributed by atoms with E-state index < -0.39 is 0 Å². The molecule has 6 heteroatoms. The highest BCUT2D eigenvalue weighted by molar-refractivity contribution is 7.16. The van der Waals surface area contributed by atoms with Gasteiger partial charge in [-0.15, -0.1) is 9.24 Å². The van der Waals surface area contributed by atoms with E-state index in [-0.39, 0.29) is 0 Å². The number of pyridine rings is 3. The van der Waals surface area contributed by atoms with Crippen molar-refractivity contribution in [1.29, 1.82) is 0 Å². The summed E-state index contributed by atoms with van der Waals surface area (Å²) in [6, 6.07) is 18.1. The van der Waals surface area contributed by atoms with E-state index in [1.165, 1.54) is 0 Å². The van der Waals surface area contributed by atoms with Gasteiger partial charge in [0, 0.05) is 32.0 Å². The van der Waals surface area contributed by atoms with Crippen molar-refractivity contribution in [3.63, 3.8) is 0 Å². The van der Waals surface area contributed by atoms with Crippen molar-refractivity contribution in [2.45, 2.75) is 26.2 Å². The third kappa shape index (κ3) is 5.95. The second-order valence-corrected chi connectivity index (χ2v) is 6.26. The molecule has 0 aromatic carbocycles. The minimum atomic E-state index is 0.526. The van der Waals surface area contributed by atoms with Crippen LogP contribution in [-0.4, -0.2) is 26.2 Å². The normalized spacial score (nSPS) is 11.0. The van der Waals surface area contributed by atoms with Crippen LogP contribution in [0.4, 0.5) is 0 Å². The molecule has 0 aliphatic rings. The van der Waals surface area contributed by atoms with Gasteiger partial charge in [0.15, 0.2) is 0 Å². The van der Waals surface area contributed by atoms with Crippen molar-refractivity contribution < 1.29 is 4.74 Å². The standard InChI is InChI=1S/C20H23N4OP/c26-16-25-15-20-9-5-8-19(23-20)14-24(12-17-6-1-3-10-21-17)13-18-7-2-4-11-22-18/h1-11H,12-16,26H2. The third-order valence-electron chi connectivity index (χ3n) is 3.84. The maximum atomic E-state index is 5.44. The van der Waals surface area contributed by atoms with Crippen LogP contribution in [0.5, 0.6) is 0 Å². The Kier molecular flexibility index (Phi) is 7.20. The van der Waals surface area contributed by atoms with Crippen LogP contribution in [-0.2, 0) is 31.0 Å². The molecule has 0 fully saturated rings. The maximum absolute atomic E-state index is 5.44. The summed E-state index contributed by atoms with van der Waals surface area (Å²) in [7, 11) is 2.56. The van der Waals surface area contributed by atoms with Crippen LogP contribution in [0.15, 0.2) is 67.0 Å². The smallest absolute Gasteiger partial charge is 0.0892 e. The maximum Gasteiger partial charge on any atom is 0.0892 e. The van der Waals surface area contributed by atoms with Crippen molar-refractivity contribution in [2.75, 3.05) is 6.35 Å². The summed E-state index contributed by atoms with van der Waals surface area (Å²) in [5.41, 5.74) is 4.03. The summed E-state index contributed by atoms with van der Waals surface area (Å²) >= 11 is 0. The molecule has 0 aliphatic heterocycles. The molecular weight excluding hydrogens is 343 g/mol. The van der Waals surface area contributed by atoms with E-state index in [1.54, 1.807) is 0 Å². The second kappa shape index (κ2) is 10.1. The lowest BCUT2D eigenvalue weighted by Crippen LogP contribution is -2.24. The number of aromatic nitrogens is 3. The highest BCUT2D eigenvalue weighted by atomic mass is 31.0. The van der Waals surface area contributed by atoms with Gasteiger partial charge in [0.1, 0.15) is 0 Å². The van der Waals surface area contributed by atoms with E-state index in [4.69, 9.17) is 9.72 Å². The summed E-state index contributed by atoms with van der Waals surface area (Å²) in [5, 5.41) is 0. The van der Waals surface area contributed by atoms with Gasteiger partial charge < -0.3 is 4.74 Å². The summed E-state index contributed by atoms with van der Waals surface area (Å²) < 4.78 is 5.44. The minimum absolute atomic E-state index is 0.526. The van der Waals surface area contributed by atoms with Crippen molar-refractivity contribution in [3.05, 3.63) is 89.8 Å². The highest BCUT2D eigenvalue weighted by Crippen LogP contribution is 2.12. The van der Waals surface area contributed by atoms with Crippen LogP contribution in [0.2, 0.25) is 0 Å². The molecule has 1 unspecified atom stereocenters. The van der Waals surface area contributed by atoms with Crippen molar-refractivity contribution in [1.82, 2.24) is 19.9 Å². The van der Waals surface area contributed by atoms with Gasteiger partial charge in [0.05, 0.1) is 35.7 Å². The van der Waals surface area contributed by atoms with E-state index in [0.717, 1.165) is 42.4 Å². The van der Waals surface area contributed by atoms with E-state index in [1.807, 2.05) is 67.0 Å². The van der Waals surface area contributed by atoms with Crippen molar-refractivity contribution >= 4 is 9.24 Å². The molecule has 134 valence electrons. The number of hydrogen-bond donors (Lipinski definition) is 0. The lowest BCUT2D eigenvalue weighted by molar-refractivity contribution is 0.165. The largest absolute Gasteiger partial charge is 0.371 e. The number of hydrogen-bond acceptors (Lipinski definition) is 5. The highest BCUT2D eigenvalue weighted by Gasteiger charge is 2.11. The average Bonchev–Trinajstić information content (AvgIpc) is 2.68. The monoisotopic (exact) mass is 366 g/mol. The Morgan fingerprint density at radius 1 is 0.731 bits per heavy atom. The van der Waals surface area contributed by atoms with Gasteiger partial charge in [-0.2, -0.15) is 0 Å². The van der Waals surface area contributed by atoms with Gasteiger partial charge in [0.2, 0.25) is 0 Å². The summed E-state index contributed by atoms with van der Waals surface area (Å²) in [4.78, 5) is 15.9. The van der Waals surface area contributed by atoms with Crippen LogP contribution < -0.4 is 0 Å². The van der Waals surface area contributed by atoms with Crippen LogP contribution in [0.1, 0.15) is 22.8 Å². The molecule has 0 saturated heterocycles. The van der Waals surface area contributed by atoms with E-state index in [0.29, 0.717) is 13.0 Å². The first-order chi connectivity index (χ1) is 12.8. The quantitative estimate of drug-likeness (QED) is 0.543. The molecule has 1 atom stereocenters.